The average Bonchev–Trinajstić information content (AvgIpc) is 3.12. The zero-order chi connectivity index (χ0) is 21.0. The molecule has 4 nitrogen and oxygen atoms in total. The van der Waals surface area contributed by atoms with Gasteiger partial charge in [0.1, 0.15) is 0 Å². The van der Waals surface area contributed by atoms with E-state index in [1.54, 1.807) is 6.07 Å². The van der Waals surface area contributed by atoms with Crippen LogP contribution in [0.4, 0.5) is 0 Å². The van der Waals surface area contributed by atoms with E-state index in [9.17, 15) is 4.79 Å². The van der Waals surface area contributed by atoms with E-state index < -0.39 is 0 Å². The van der Waals surface area contributed by atoms with Crippen LogP contribution in [0.3, 0.4) is 0 Å². The Morgan fingerprint density at radius 3 is 2.66 bits per heavy atom. The molecule has 0 aliphatic rings. The zero-order valence-electron chi connectivity index (χ0n) is 17.1. The fourth-order valence-corrected chi connectivity index (χ4v) is 3.94. The number of likely N-dealkylation sites (N-methyl/N-ethyl adjacent to an activating group) is 1. The fourth-order valence-electron chi connectivity index (χ4n) is 3.63. The van der Waals surface area contributed by atoms with Crippen molar-refractivity contribution in [2.45, 2.75) is 25.7 Å². The molecule has 0 bridgehead atoms. The van der Waals surface area contributed by atoms with E-state index in [1.807, 2.05) is 37.3 Å². The lowest BCUT2D eigenvalue weighted by Gasteiger charge is -2.18. The number of H-pyrrole nitrogens is 1. The molecule has 154 valence electrons. The maximum atomic E-state index is 12.7. The molecule has 0 fully saturated rings. The predicted octanol–water partition coefficient (Wildman–Crippen LogP) is 5.24. The summed E-state index contributed by atoms with van der Waals surface area (Å²) in [6.45, 7) is 3.56. The van der Waals surface area contributed by atoms with Crippen molar-refractivity contribution >= 4 is 40.0 Å². The monoisotopic (exact) mass is 431 g/mol. The fraction of sp³-hybridized carbons (Fsp3) is 0.348. The van der Waals surface area contributed by atoms with E-state index in [0.717, 1.165) is 35.0 Å². The third-order valence-corrected chi connectivity index (χ3v) is 5.95. The minimum absolute atomic E-state index is 0.0175. The number of rotatable bonds is 8. The highest BCUT2D eigenvalue weighted by Crippen LogP contribution is 2.36. The number of benzene rings is 2. The van der Waals surface area contributed by atoms with Crippen LogP contribution in [-0.4, -0.2) is 43.0 Å². The number of nitrogens with one attached hydrogen (secondary N) is 2. The number of hydrogen-bond donors (Lipinski definition) is 2. The first-order valence-electron chi connectivity index (χ1n) is 9.86. The standard InChI is InChI=1S/C23H27Cl2N3O/c1-4-15-6-5-7-17-19(14-27-23(15)17)18(13-22(29)26-10-11-28(2)3)16-8-9-20(24)21(25)12-16/h5-9,12,14,18,27H,4,10-11,13H2,1-3H3,(H,26,29)/t18-/m1/s1. The highest BCUT2D eigenvalue weighted by Gasteiger charge is 2.22. The van der Waals surface area contributed by atoms with Gasteiger partial charge in [0.15, 0.2) is 0 Å². The zero-order valence-corrected chi connectivity index (χ0v) is 18.6. The van der Waals surface area contributed by atoms with Crippen LogP contribution in [0.5, 0.6) is 0 Å². The second-order valence-corrected chi connectivity index (χ2v) is 8.34. The summed E-state index contributed by atoms with van der Waals surface area (Å²) < 4.78 is 0. The van der Waals surface area contributed by atoms with Gasteiger partial charge in [-0.3, -0.25) is 4.79 Å². The summed E-state index contributed by atoms with van der Waals surface area (Å²) in [5, 5.41) is 5.17. The molecule has 3 aromatic rings. The molecule has 0 saturated carbocycles. The van der Waals surface area contributed by atoms with Gasteiger partial charge in [-0.15, -0.1) is 0 Å². The van der Waals surface area contributed by atoms with E-state index >= 15 is 0 Å². The van der Waals surface area contributed by atoms with Gasteiger partial charge in [0, 0.05) is 42.5 Å². The van der Waals surface area contributed by atoms with Crippen LogP contribution in [0.2, 0.25) is 10.0 Å². The Kier molecular flexibility index (Phi) is 7.23. The van der Waals surface area contributed by atoms with Crippen molar-refractivity contribution in [2.75, 3.05) is 27.2 Å². The summed E-state index contributed by atoms with van der Waals surface area (Å²) in [5.41, 5.74) is 4.46. The number of nitrogens with zero attached hydrogens (tertiary/aromatic N) is 1. The Morgan fingerprint density at radius 1 is 1.17 bits per heavy atom. The number of hydrogen-bond acceptors (Lipinski definition) is 2. The molecule has 1 amide bonds. The van der Waals surface area contributed by atoms with Crippen molar-refractivity contribution in [3.05, 3.63) is 69.3 Å². The summed E-state index contributed by atoms with van der Waals surface area (Å²) in [7, 11) is 3.98. The van der Waals surface area contributed by atoms with Gasteiger partial charge in [0.05, 0.1) is 10.0 Å². The normalized spacial score (nSPS) is 12.5. The Morgan fingerprint density at radius 2 is 1.97 bits per heavy atom. The van der Waals surface area contributed by atoms with E-state index in [2.05, 4.69) is 35.4 Å². The van der Waals surface area contributed by atoms with E-state index in [1.165, 1.54) is 5.56 Å². The minimum atomic E-state index is -0.120. The SMILES string of the molecule is CCc1cccc2c([C@H](CC(=O)NCCN(C)C)c3ccc(Cl)c(Cl)c3)c[nH]c12. The van der Waals surface area contributed by atoms with Crippen LogP contribution in [0, 0.1) is 0 Å². The van der Waals surface area contributed by atoms with Gasteiger partial charge in [-0.25, -0.2) is 0 Å². The Balaban J connectivity index is 1.97. The van der Waals surface area contributed by atoms with Gasteiger partial charge in [-0.2, -0.15) is 0 Å². The quantitative estimate of drug-likeness (QED) is 0.512. The van der Waals surface area contributed by atoms with Crippen molar-refractivity contribution < 1.29 is 4.79 Å². The molecule has 1 atom stereocenters. The molecule has 0 spiro atoms. The van der Waals surface area contributed by atoms with E-state index in [0.29, 0.717) is 23.0 Å². The number of carbonyl (C=O) groups is 1. The van der Waals surface area contributed by atoms with Gasteiger partial charge in [0.25, 0.3) is 0 Å². The summed E-state index contributed by atoms with van der Waals surface area (Å²) in [5.74, 6) is -0.103. The average molecular weight is 432 g/mol. The maximum absolute atomic E-state index is 12.7. The van der Waals surface area contributed by atoms with Crippen molar-refractivity contribution in [3.8, 4) is 0 Å². The molecule has 3 rings (SSSR count). The molecule has 0 unspecified atom stereocenters. The smallest absolute Gasteiger partial charge is 0.220 e. The number of aromatic amines is 1. The first kappa shape index (κ1) is 21.7. The van der Waals surface area contributed by atoms with Crippen LogP contribution in [-0.2, 0) is 11.2 Å². The van der Waals surface area contributed by atoms with Crippen LogP contribution >= 0.6 is 23.2 Å². The number of aromatic nitrogens is 1. The lowest BCUT2D eigenvalue weighted by atomic mass is 9.87. The summed E-state index contributed by atoms with van der Waals surface area (Å²) in [6, 6.07) is 11.9. The van der Waals surface area contributed by atoms with Crippen LogP contribution < -0.4 is 5.32 Å². The predicted molar refractivity (Wildman–Crippen MR) is 122 cm³/mol. The number of carbonyl (C=O) groups excluding carboxylic acids is 1. The van der Waals surface area contributed by atoms with Gasteiger partial charge in [-0.05, 0) is 49.3 Å². The van der Waals surface area contributed by atoms with Crippen LogP contribution in [0.25, 0.3) is 10.9 Å². The molecule has 2 aromatic carbocycles. The minimum Gasteiger partial charge on any atom is -0.361 e. The number of para-hydroxylation sites is 1. The molecule has 0 radical (unpaired) electrons. The van der Waals surface area contributed by atoms with Gasteiger partial charge in [0.2, 0.25) is 5.91 Å². The lowest BCUT2D eigenvalue weighted by molar-refractivity contribution is -0.121. The number of aryl methyl sites for hydroxylation is 1. The van der Waals surface area contributed by atoms with Crippen LogP contribution in [0.15, 0.2) is 42.6 Å². The first-order valence-corrected chi connectivity index (χ1v) is 10.6. The molecule has 0 saturated heterocycles. The lowest BCUT2D eigenvalue weighted by Crippen LogP contribution is -2.32. The third kappa shape index (κ3) is 5.13. The van der Waals surface area contributed by atoms with Gasteiger partial charge < -0.3 is 15.2 Å². The summed E-state index contributed by atoms with van der Waals surface area (Å²) >= 11 is 12.4. The van der Waals surface area contributed by atoms with E-state index in [4.69, 9.17) is 23.2 Å². The van der Waals surface area contributed by atoms with Crippen molar-refractivity contribution in [2.24, 2.45) is 0 Å². The molecule has 2 N–H and O–H groups in total. The van der Waals surface area contributed by atoms with Crippen LogP contribution in [0.1, 0.15) is 36.0 Å². The Hall–Kier alpha value is -2.01. The molecule has 1 heterocycles. The molecular weight excluding hydrogens is 405 g/mol. The number of amides is 1. The highest BCUT2D eigenvalue weighted by molar-refractivity contribution is 6.42. The number of fused-ring (bicyclic) bond motifs is 1. The molecular formula is C23H27Cl2N3O. The third-order valence-electron chi connectivity index (χ3n) is 5.21. The van der Waals surface area contributed by atoms with Crippen molar-refractivity contribution in [3.63, 3.8) is 0 Å². The highest BCUT2D eigenvalue weighted by atomic mass is 35.5. The van der Waals surface area contributed by atoms with Gasteiger partial charge >= 0.3 is 0 Å². The van der Waals surface area contributed by atoms with Crippen molar-refractivity contribution in [1.82, 2.24) is 15.2 Å². The first-order chi connectivity index (χ1) is 13.9. The molecule has 29 heavy (non-hydrogen) atoms. The second kappa shape index (κ2) is 9.66. The molecule has 6 heteroatoms. The summed E-state index contributed by atoms with van der Waals surface area (Å²) in [4.78, 5) is 18.2. The Labute approximate surface area is 182 Å². The summed E-state index contributed by atoms with van der Waals surface area (Å²) in [6.07, 6.45) is 3.30. The topological polar surface area (TPSA) is 48.1 Å². The van der Waals surface area contributed by atoms with Gasteiger partial charge in [-0.1, -0.05) is 54.4 Å². The van der Waals surface area contributed by atoms with Crippen molar-refractivity contribution in [1.29, 1.82) is 0 Å². The maximum Gasteiger partial charge on any atom is 0.220 e. The molecule has 0 aliphatic heterocycles. The Bertz CT molecular complexity index is 997. The molecule has 1 aromatic heterocycles. The van der Waals surface area contributed by atoms with E-state index in [-0.39, 0.29) is 11.8 Å². The largest absolute Gasteiger partial charge is 0.361 e. The number of halogens is 2. The molecule has 0 aliphatic carbocycles. The second-order valence-electron chi connectivity index (χ2n) is 7.52.